The molecular weight excluding hydrogens is 294 g/mol. The molecule has 0 amide bonds. The summed E-state index contributed by atoms with van der Waals surface area (Å²) >= 11 is 0. The topological polar surface area (TPSA) is 77.2 Å². The number of aromatic nitrogens is 2. The van der Waals surface area contributed by atoms with Crippen molar-refractivity contribution in [2.45, 2.75) is 51.6 Å². The Hall–Kier alpha value is -2.21. The molecule has 1 saturated carbocycles. The molecule has 6 nitrogen and oxygen atoms in total. The van der Waals surface area contributed by atoms with Crippen molar-refractivity contribution in [1.82, 2.24) is 15.5 Å². The van der Waals surface area contributed by atoms with Crippen LogP contribution >= 0.6 is 0 Å². The normalized spacial score (nSPS) is 16.4. The zero-order valence-electron chi connectivity index (χ0n) is 13.5. The van der Waals surface area contributed by atoms with Crippen molar-refractivity contribution in [3.8, 4) is 5.75 Å². The maximum atomic E-state index is 10.9. The summed E-state index contributed by atoms with van der Waals surface area (Å²) < 4.78 is 10.2. The monoisotopic (exact) mass is 315 g/mol. The predicted octanol–water partition coefficient (Wildman–Crippen LogP) is 2.86. The Morgan fingerprint density at radius 1 is 1.30 bits per heavy atom. The van der Waals surface area contributed by atoms with Crippen LogP contribution in [0.4, 0.5) is 0 Å². The number of carbonyl (C=O) groups is 1. The minimum Gasteiger partial charge on any atom is -0.427 e. The number of aryl methyl sites for hydroxylation is 1. The Bertz CT molecular complexity index is 673. The second-order valence-electron chi connectivity index (χ2n) is 6.02. The number of ether oxygens (including phenoxy) is 1. The number of carbonyl (C=O) groups excluding carboxylic acids is 1. The third-order valence-corrected chi connectivity index (χ3v) is 4.23. The minimum atomic E-state index is -0.312. The number of rotatable bonds is 5. The molecule has 1 N–H and O–H groups in total. The average Bonchev–Trinajstić information content (AvgIpc) is 3.16. The zero-order valence-corrected chi connectivity index (χ0v) is 13.5. The molecule has 0 unspecified atom stereocenters. The van der Waals surface area contributed by atoms with Crippen molar-refractivity contribution in [2.75, 3.05) is 0 Å². The van der Waals surface area contributed by atoms with E-state index in [4.69, 9.17) is 9.26 Å². The maximum Gasteiger partial charge on any atom is 0.308 e. The van der Waals surface area contributed by atoms with Gasteiger partial charge in [0, 0.05) is 20.4 Å². The Labute approximate surface area is 135 Å². The molecule has 0 saturated heterocycles. The van der Waals surface area contributed by atoms with Gasteiger partial charge in [-0.2, -0.15) is 4.98 Å². The molecule has 1 aromatic heterocycles. The predicted molar refractivity (Wildman–Crippen MR) is 83.8 cm³/mol. The van der Waals surface area contributed by atoms with Crippen LogP contribution in [-0.2, 0) is 16.9 Å². The Balaban J connectivity index is 1.69. The molecule has 122 valence electrons. The lowest BCUT2D eigenvalue weighted by Crippen LogP contribution is -2.40. The first-order chi connectivity index (χ1) is 11.1. The quantitative estimate of drug-likeness (QED) is 0.675. The molecule has 0 bridgehead atoms. The van der Waals surface area contributed by atoms with E-state index in [1.807, 2.05) is 19.1 Å². The van der Waals surface area contributed by atoms with Crippen molar-refractivity contribution in [3.63, 3.8) is 0 Å². The second kappa shape index (κ2) is 6.50. The van der Waals surface area contributed by atoms with Crippen LogP contribution in [0.2, 0.25) is 0 Å². The lowest BCUT2D eigenvalue weighted by Gasteiger charge is -2.27. The summed E-state index contributed by atoms with van der Waals surface area (Å²) in [5, 5.41) is 7.73. The summed E-state index contributed by atoms with van der Waals surface area (Å²) in [6, 6.07) is 7.52. The number of hydrogen-bond donors (Lipinski definition) is 1. The van der Waals surface area contributed by atoms with Gasteiger partial charge in [-0.15, -0.1) is 0 Å². The Morgan fingerprint density at radius 3 is 2.57 bits per heavy atom. The Morgan fingerprint density at radius 2 is 2.00 bits per heavy atom. The van der Waals surface area contributed by atoms with Crippen molar-refractivity contribution in [1.29, 1.82) is 0 Å². The summed E-state index contributed by atoms with van der Waals surface area (Å²) in [7, 11) is 0. The van der Waals surface area contributed by atoms with Crippen LogP contribution in [0.25, 0.3) is 0 Å². The molecule has 1 aromatic carbocycles. The van der Waals surface area contributed by atoms with E-state index in [1.165, 1.54) is 6.92 Å². The van der Waals surface area contributed by atoms with Crippen LogP contribution in [-0.4, -0.2) is 16.1 Å². The number of benzene rings is 1. The van der Waals surface area contributed by atoms with E-state index in [9.17, 15) is 4.79 Å². The van der Waals surface area contributed by atoms with Crippen LogP contribution in [0.15, 0.2) is 28.8 Å². The van der Waals surface area contributed by atoms with Gasteiger partial charge in [0.1, 0.15) is 5.75 Å². The highest BCUT2D eigenvalue weighted by molar-refractivity contribution is 5.69. The summed E-state index contributed by atoms with van der Waals surface area (Å²) in [5.41, 5.74) is 0.916. The van der Waals surface area contributed by atoms with E-state index < -0.39 is 0 Å². The van der Waals surface area contributed by atoms with Crippen molar-refractivity contribution < 1.29 is 14.1 Å². The van der Waals surface area contributed by atoms with Gasteiger partial charge in [-0.05, 0) is 30.5 Å². The van der Waals surface area contributed by atoms with Crippen molar-refractivity contribution in [3.05, 3.63) is 41.5 Å². The SMILES string of the molecule is CC(=O)Oc1ccc(CNC2(c3noc(C)n3)CCCC2)cc1. The van der Waals surface area contributed by atoms with Crippen molar-refractivity contribution in [2.24, 2.45) is 0 Å². The molecule has 23 heavy (non-hydrogen) atoms. The molecule has 1 aliphatic carbocycles. The molecule has 0 radical (unpaired) electrons. The second-order valence-corrected chi connectivity index (χ2v) is 6.02. The van der Waals surface area contributed by atoms with Crippen LogP contribution in [0.5, 0.6) is 5.75 Å². The first-order valence-corrected chi connectivity index (χ1v) is 7.91. The summed E-state index contributed by atoms with van der Waals surface area (Å²) in [6.45, 7) is 3.91. The molecular formula is C17H21N3O3. The van der Waals surface area contributed by atoms with Gasteiger partial charge in [-0.25, -0.2) is 0 Å². The van der Waals surface area contributed by atoms with E-state index in [-0.39, 0.29) is 11.5 Å². The van der Waals surface area contributed by atoms with Gasteiger partial charge in [-0.3, -0.25) is 4.79 Å². The lowest BCUT2D eigenvalue weighted by molar-refractivity contribution is -0.131. The van der Waals surface area contributed by atoms with E-state index >= 15 is 0 Å². The zero-order chi connectivity index (χ0) is 16.3. The Kier molecular flexibility index (Phi) is 4.43. The van der Waals surface area contributed by atoms with Crippen LogP contribution in [0.1, 0.15) is 49.9 Å². The third kappa shape index (κ3) is 3.59. The largest absolute Gasteiger partial charge is 0.427 e. The highest BCUT2D eigenvalue weighted by atomic mass is 16.5. The molecule has 1 heterocycles. The van der Waals surface area contributed by atoms with Gasteiger partial charge in [0.2, 0.25) is 5.89 Å². The summed E-state index contributed by atoms with van der Waals surface area (Å²) in [4.78, 5) is 15.4. The van der Waals surface area contributed by atoms with Crippen molar-refractivity contribution >= 4 is 5.97 Å². The molecule has 0 atom stereocenters. The standard InChI is InChI=1S/C17H21N3O3/c1-12-19-16(20-23-12)17(9-3-4-10-17)18-11-14-5-7-15(8-6-14)22-13(2)21/h5-8,18H,3-4,9-11H2,1-2H3. The number of nitrogens with zero attached hydrogens (tertiary/aromatic N) is 2. The molecule has 6 heteroatoms. The fourth-order valence-corrected chi connectivity index (χ4v) is 3.06. The van der Waals surface area contributed by atoms with E-state index in [0.717, 1.165) is 37.1 Å². The first kappa shape index (κ1) is 15.7. The van der Waals surface area contributed by atoms with Crippen LogP contribution < -0.4 is 10.1 Å². The van der Waals surface area contributed by atoms with Gasteiger partial charge in [-0.1, -0.05) is 30.1 Å². The number of esters is 1. The lowest BCUT2D eigenvalue weighted by atomic mass is 9.96. The van der Waals surface area contributed by atoms with Crippen LogP contribution in [0.3, 0.4) is 0 Å². The summed E-state index contributed by atoms with van der Waals surface area (Å²) in [6.07, 6.45) is 4.34. The fourth-order valence-electron chi connectivity index (χ4n) is 3.06. The van der Waals surface area contributed by atoms with Crippen LogP contribution in [0, 0.1) is 6.92 Å². The minimum absolute atomic E-state index is 0.202. The smallest absolute Gasteiger partial charge is 0.308 e. The average molecular weight is 315 g/mol. The molecule has 2 aromatic rings. The van der Waals surface area contributed by atoms with Gasteiger partial charge >= 0.3 is 5.97 Å². The summed E-state index contributed by atoms with van der Waals surface area (Å²) in [5.74, 6) is 1.60. The highest BCUT2D eigenvalue weighted by Gasteiger charge is 2.39. The van der Waals surface area contributed by atoms with Gasteiger partial charge < -0.3 is 14.6 Å². The fraction of sp³-hybridized carbons (Fsp3) is 0.471. The third-order valence-electron chi connectivity index (χ3n) is 4.23. The number of nitrogens with one attached hydrogen (secondary N) is 1. The first-order valence-electron chi connectivity index (χ1n) is 7.91. The molecule has 0 aliphatic heterocycles. The van der Waals surface area contributed by atoms with Gasteiger partial charge in [0.25, 0.3) is 0 Å². The van der Waals surface area contributed by atoms with Gasteiger partial charge in [0.15, 0.2) is 5.82 Å². The molecule has 0 spiro atoms. The molecule has 1 aliphatic rings. The molecule has 1 fully saturated rings. The van der Waals surface area contributed by atoms with E-state index in [0.29, 0.717) is 18.2 Å². The van der Waals surface area contributed by atoms with Gasteiger partial charge in [0.05, 0.1) is 5.54 Å². The highest BCUT2D eigenvalue weighted by Crippen LogP contribution is 2.37. The van der Waals surface area contributed by atoms with E-state index in [1.54, 1.807) is 12.1 Å². The number of hydrogen-bond acceptors (Lipinski definition) is 6. The van der Waals surface area contributed by atoms with E-state index in [2.05, 4.69) is 15.5 Å². The molecule has 3 rings (SSSR count). The maximum absolute atomic E-state index is 10.9.